The third-order valence-corrected chi connectivity index (χ3v) is 4.26. The van der Waals surface area contributed by atoms with Crippen molar-refractivity contribution in [3.8, 4) is 0 Å². The number of aldehydes is 1. The maximum absolute atomic E-state index is 10.5. The second-order valence-electron chi connectivity index (χ2n) is 6.92. The molecule has 4 aromatic carbocycles. The molecular weight excluding hydrogens is 531 g/mol. The normalized spacial score (nSPS) is 9.42. The van der Waals surface area contributed by atoms with Gasteiger partial charge in [-0.1, -0.05) is 36.4 Å². The summed E-state index contributed by atoms with van der Waals surface area (Å²) >= 11 is 9.53. The van der Waals surface area contributed by atoms with Gasteiger partial charge in [0.1, 0.15) is 6.29 Å². The molecule has 0 aromatic heterocycles. The Kier molecular flexibility index (Phi) is 15.4. The Morgan fingerprint density at radius 1 is 0.684 bits per heavy atom. The summed E-state index contributed by atoms with van der Waals surface area (Å²) in [7, 11) is 0. The van der Waals surface area contributed by atoms with Crippen molar-refractivity contribution in [2.24, 2.45) is 4.99 Å². The van der Waals surface area contributed by atoms with Crippen molar-refractivity contribution in [3.05, 3.63) is 141 Å². The fraction of sp³-hybridized carbons (Fsp3) is 0.0370. The monoisotopic (exact) mass is 554 g/mol. The standard InChI is InChI=1S/C13H10N2O2.C7H5NO3.C6H7N.CH2Cl2/c16-15(17)13-8-6-11(7-9-13)10-14-12-4-2-1-3-5-12;9-5-6-1-3-7(4-2-6)8(10)11;7-6-4-2-1-3-5-6;2-1-3/h1-10H;1-5H;1-5H,7H2;1H2. The Balaban J connectivity index is 0.000000294. The quantitative estimate of drug-likeness (QED) is 0.0677. The molecule has 0 spiro atoms. The van der Waals surface area contributed by atoms with Gasteiger partial charge in [0.15, 0.2) is 0 Å². The Hall–Kier alpha value is -4.60. The van der Waals surface area contributed by atoms with Crippen molar-refractivity contribution in [2.45, 2.75) is 0 Å². The Morgan fingerprint density at radius 3 is 1.42 bits per heavy atom. The number of nitro groups is 2. The van der Waals surface area contributed by atoms with E-state index in [1.54, 1.807) is 18.3 Å². The van der Waals surface area contributed by atoms with Gasteiger partial charge in [0, 0.05) is 41.7 Å². The van der Waals surface area contributed by atoms with Gasteiger partial charge in [-0.15, -0.1) is 23.2 Å². The fourth-order valence-electron chi connectivity index (χ4n) is 2.47. The third kappa shape index (κ3) is 13.5. The third-order valence-electron chi connectivity index (χ3n) is 4.26. The van der Waals surface area contributed by atoms with Crippen molar-refractivity contribution in [1.29, 1.82) is 0 Å². The van der Waals surface area contributed by atoms with Gasteiger partial charge in [0.2, 0.25) is 0 Å². The number of non-ortho nitro benzene ring substituents is 2. The summed E-state index contributed by atoms with van der Waals surface area (Å²) in [5.41, 5.74) is 8.39. The lowest BCUT2D eigenvalue weighted by atomic mass is 10.2. The van der Waals surface area contributed by atoms with E-state index < -0.39 is 9.85 Å². The van der Waals surface area contributed by atoms with Crippen LogP contribution in [0.4, 0.5) is 22.7 Å². The highest BCUT2D eigenvalue weighted by atomic mass is 35.5. The van der Waals surface area contributed by atoms with Crippen LogP contribution >= 0.6 is 23.2 Å². The van der Waals surface area contributed by atoms with E-state index in [9.17, 15) is 25.0 Å². The number of hydrogen-bond donors (Lipinski definition) is 1. The minimum atomic E-state index is -0.505. The molecule has 0 bridgehead atoms. The SMILES string of the molecule is ClCCl.Nc1ccccc1.O=Cc1ccc([N+](=O)[O-])cc1.O=[N+]([O-])c1ccc(C=Nc2ccccc2)cc1. The number of aliphatic imine (C=N–C) groups is 1. The average Bonchev–Trinajstić information content (AvgIpc) is 2.94. The van der Waals surface area contributed by atoms with Gasteiger partial charge < -0.3 is 5.73 Å². The number of benzene rings is 4. The number of nitrogens with two attached hydrogens (primary N) is 1. The number of rotatable bonds is 5. The van der Waals surface area contributed by atoms with Crippen LogP contribution in [0, 0.1) is 20.2 Å². The summed E-state index contributed by atoms with van der Waals surface area (Å²) in [6, 6.07) is 30.7. The number of para-hydroxylation sites is 2. The van der Waals surface area contributed by atoms with Crippen LogP contribution in [-0.2, 0) is 0 Å². The minimum Gasteiger partial charge on any atom is -0.399 e. The molecule has 4 rings (SSSR count). The molecule has 0 amide bonds. The van der Waals surface area contributed by atoms with E-state index in [1.807, 2.05) is 60.7 Å². The molecule has 2 N–H and O–H groups in total. The molecule has 0 aliphatic carbocycles. The van der Waals surface area contributed by atoms with Gasteiger partial charge in [-0.25, -0.2) is 0 Å². The van der Waals surface area contributed by atoms with E-state index in [0.29, 0.717) is 11.8 Å². The number of carbonyl (C=O) groups excluding carboxylic acids is 1. The molecule has 4 aromatic rings. The zero-order chi connectivity index (χ0) is 28.2. The molecule has 0 atom stereocenters. The lowest BCUT2D eigenvalue weighted by Crippen LogP contribution is -1.88. The van der Waals surface area contributed by atoms with Gasteiger partial charge in [0.05, 0.1) is 20.9 Å². The smallest absolute Gasteiger partial charge is 0.269 e. The van der Waals surface area contributed by atoms with Crippen molar-refractivity contribution in [2.75, 3.05) is 11.1 Å². The summed E-state index contributed by atoms with van der Waals surface area (Å²) in [6.45, 7) is 0. The topological polar surface area (TPSA) is 142 Å². The highest BCUT2D eigenvalue weighted by Crippen LogP contribution is 2.13. The van der Waals surface area contributed by atoms with Gasteiger partial charge >= 0.3 is 0 Å². The van der Waals surface area contributed by atoms with Crippen LogP contribution in [0.3, 0.4) is 0 Å². The van der Waals surface area contributed by atoms with Gasteiger partial charge in [-0.2, -0.15) is 0 Å². The van der Waals surface area contributed by atoms with E-state index in [1.165, 1.54) is 36.4 Å². The van der Waals surface area contributed by atoms with Crippen LogP contribution in [0.15, 0.2) is 114 Å². The Morgan fingerprint density at radius 2 is 1.08 bits per heavy atom. The number of hydrogen-bond acceptors (Lipinski definition) is 7. The molecule has 38 heavy (non-hydrogen) atoms. The van der Waals surface area contributed by atoms with Crippen molar-refractivity contribution < 1.29 is 14.6 Å². The predicted octanol–water partition coefficient (Wildman–Crippen LogP) is 7.44. The molecule has 0 aliphatic heterocycles. The summed E-state index contributed by atoms with van der Waals surface area (Å²) in [5.74, 6) is 0. The highest BCUT2D eigenvalue weighted by Gasteiger charge is 2.03. The molecule has 11 heteroatoms. The number of nitrogens with zero attached hydrogens (tertiary/aromatic N) is 3. The number of anilines is 1. The summed E-state index contributed by atoms with van der Waals surface area (Å²) < 4.78 is 0. The lowest BCUT2D eigenvalue weighted by Gasteiger charge is -1.94. The summed E-state index contributed by atoms with van der Waals surface area (Å²) in [4.78, 5) is 34.0. The van der Waals surface area contributed by atoms with Crippen LogP contribution in [0.2, 0.25) is 0 Å². The van der Waals surface area contributed by atoms with Gasteiger partial charge in [0.25, 0.3) is 11.4 Å². The van der Waals surface area contributed by atoms with Crippen LogP contribution in [0.25, 0.3) is 0 Å². The number of nitro benzene ring substituents is 2. The van der Waals surface area contributed by atoms with Crippen molar-refractivity contribution >= 4 is 58.5 Å². The number of nitrogen functional groups attached to an aromatic ring is 1. The first kappa shape index (κ1) is 31.4. The van der Waals surface area contributed by atoms with E-state index in [-0.39, 0.29) is 16.7 Å². The Labute approximate surface area is 229 Å². The maximum Gasteiger partial charge on any atom is 0.269 e. The number of alkyl halides is 2. The first-order chi connectivity index (χ1) is 18.3. The first-order valence-corrected chi connectivity index (χ1v) is 11.8. The molecule has 0 heterocycles. The average molecular weight is 555 g/mol. The largest absolute Gasteiger partial charge is 0.399 e. The Bertz CT molecular complexity index is 1270. The molecule has 0 fully saturated rings. The lowest BCUT2D eigenvalue weighted by molar-refractivity contribution is -0.385. The van der Waals surface area contributed by atoms with E-state index >= 15 is 0 Å². The zero-order valence-corrected chi connectivity index (χ0v) is 21.5. The van der Waals surface area contributed by atoms with Crippen LogP contribution in [0.1, 0.15) is 15.9 Å². The molecule has 196 valence electrons. The molecule has 0 saturated carbocycles. The summed E-state index contributed by atoms with van der Waals surface area (Å²) in [5, 5.41) is 20.8. The number of halogens is 2. The van der Waals surface area contributed by atoms with E-state index in [0.717, 1.165) is 16.9 Å². The van der Waals surface area contributed by atoms with Crippen LogP contribution in [0.5, 0.6) is 0 Å². The summed E-state index contributed by atoms with van der Waals surface area (Å²) in [6.07, 6.45) is 2.32. The predicted molar refractivity (Wildman–Crippen MR) is 153 cm³/mol. The molecule has 9 nitrogen and oxygen atoms in total. The highest BCUT2D eigenvalue weighted by molar-refractivity contribution is 6.40. The van der Waals surface area contributed by atoms with Gasteiger partial charge in [-0.3, -0.25) is 30.0 Å². The molecular formula is C27H24Cl2N4O5. The molecule has 0 unspecified atom stereocenters. The second-order valence-corrected chi connectivity index (χ2v) is 7.73. The fourth-order valence-corrected chi connectivity index (χ4v) is 2.47. The molecule has 0 aliphatic rings. The zero-order valence-electron chi connectivity index (χ0n) is 20.0. The maximum atomic E-state index is 10.5. The van der Waals surface area contributed by atoms with Crippen molar-refractivity contribution in [3.63, 3.8) is 0 Å². The van der Waals surface area contributed by atoms with Gasteiger partial charge in [-0.05, 0) is 54.1 Å². The van der Waals surface area contributed by atoms with Crippen molar-refractivity contribution in [1.82, 2.24) is 0 Å². The van der Waals surface area contributed by atoms with Crippen LogP contribution in [-0.4, -0.2) is 27.7 Å². The second kappa shape index (κ2) is 18.6. The molecule has 0 saturated heterocycles. The van der Waals surface area contributed by atoms with E-state index in [4.69, 9.17) is 28.9 Å². The van der Waals surface area contributed by atoms with Crippen LogP contribution < -0.4 is 5.73 Å². The first-order valence-electron chi connectivity index (χ1n) is 10.8. The molecule has 0 radical (unpaired) electrons. The number of carbonyl (C=O) groups is 1. The minimum absolute atomic E-state index is 0.00407. The van der Waals surface area contributed by atoms with E-state index in [2.05, 4.69) is 4.99 Å².